The summed E-state index contributed by atoms with van der Waals surface area (Å²) in [6, 6.07) is 15.3. The first kappa shape index (κ1) is 10.2. The summed E-state index contributed by atoms with van der Waals surface area (Å²) < 4.78 is 0. The lowest BCUT2D eigenvalue weighted by molar-refractivity contribution is 0.859. The maximum atomic E-state index is 3.23. The maximum absolute atomic E-state index is 3.23. The molecule has 0 saturated heterocycles. The molecule has 84 valence electrons. The van der Waals surface area contributed by atoms with E-state index in [1.165, 1.54) is 27.8 Å². The van der Waals surface area contributed by atoms with E-state index in [0.717, 1.165) is 6.54 Å². The molecule has 1 heterocycles. The van der Waals surface area contributed by atoms with Crippen LogP contribution in [0.1, 0.15) is 16.7 Å². The summed E-state index contributed by atoms with van der Waals surface area (Å²) in [4.78, 5) is 0. The normalized spacial score (nSPS) is 13.0. The molecule has 0 spiro atoms. The van der Waals surface area contributed by atoms with Crippen LogP contribution in [0.2, 0.25) is 0 Å². The van der Waals surface area contributed by atoms with Crippen LogP contribution in [0.5, 0.6) is 0 Å². The number of aryl methyl sites for hydroxylation is 1. The second-order valence-corrected chi connectivity index (χ2v) is 4.50. The number of hydrogen-bond donors (Lipinski definition) is 1. The summed E-state index contributed by atoms with van der Waals surface area (Å²) >= 11 is 0. The molecule has 0 fully saturated rings. The molecule has 3 rings (SSSR count). The number of rotatable bonds is 1. The molecule has 2 aromatic carbocycles. The van der Waals surface area contributed by atoms with E-state index < -0.39 is 0 Å². The molecule has 1 nitrogen and oxygen atoms in total. The highest BCUT2D eigenvalue weighted by Crippen LogP contribution is 2.25. The summed E-state index contributed by atoms with van der Waals surface area (Å²) in [5.74, 6) is 0. The van der Waals surface area contributed by atoms with Crippen molar-refractivity contribution in [3.63, 3.8) is 0 Å². The van der Waals surface area contributed by atoms with Crippen LogP contribution in [0.3, 0.4) is 0 Å². The summed E-state index contributed by atoms with van der Waals surface area (Å²) in [6.07, 6.45) is 4.15. The van der Waals surface area contributed by atoms with Gasteiger partial charge in [-0.3, -0.25) is 0 Å². The summed E-state index contributed by atoms with van der Waals surface area (Å²) in [5, 5.41) is 3.23. The Balaban J connectivity index is 2.08. The highest BCUT2D eigenvalue weighted by Gasteiger charge is 2.05. The van der Waals surface area contributed by atoms with Crippen molar-refractivity contribution in [2.45, 2.75) is 13.5 Å². The standard InChI is InChI=1S/C16H15N/c1-12-3-2-4-13(9-12)14-5-6-16-11-17-8-7-15(16)10-14/h2-10,17H,11H2,1H3. The smallest absolute Gasteiger partial charge is 0.0401 e. The lowest BCUT2D eigenvalue weighted by Crippen LogP contribution is -2.09. The van der Waals surface area contributed by atoms with Gasteiger partial charge >= 0.3 is 0 Å². The monoisotopic (exact) mass is 221 g/mol. The minimum atomic E-state index is 0.930. The average molecular weight is 221 g/mol. The van der Waals surface area contributed by atoms with Crippen molar-refractivity contribution in [2.24, 2.45) is 0 Å². The molecular weight excluding hydrogens is 206 g/mol. The predicted molar refractivity (Wildman–Crippen MR) is 72.5 cm³/mol. The van der Waals surface area contributed by atoms with E-state index in [4.69, 9.17) is 0 Å². The van der Waals surface area contributed by atoms with Gasteiger partial charge in [0.2, 0.25) is 0 Å². The molecule has 1 N–H and O–H groups in total. The predicted octanol–water partition coefficient (Wildman–Crippen LogP) is 3.74. The van der Waals surface area contributed by atoms with Crippen molar-refractivity contribution >= 4 is 6.08 Å². The van der Waals surface area contributed by atoms with Crippen LogP contribution in [-0.4, -0.2) is 0 Å². The first-order valence-electron chi connectivity index (χ1n) is 5.93. The Morgan fingerprint density at radius 1 is 1.00 bits per heavy atom. The van der Waals surface area contributed by atoms with Gasteiger partial charge in [0.1, 0.15) is 0 Å². The van der Waals surface area contributed by atoms with Gasteiger partial charge in [-0.2, -0.15) is 0 Å². The van der Waals surface area contributed by atoms with Crippen LogP contribution in [0.25, 0.3) is 17.2 Å². The van der Waals surface area contributed by atoms with Crippen LogP contribution in [0.15, 0.2) is 48.7 Å². The second kappa shape index (κ2) is 4.10. The fourth-order valence-corrected chi connectivity index (χ4v) is 2.23. The van der Waals surface area contributed by atoms with Crippen LogP contribution < -0.4 is 5.32 Å². The largest absolute Gasteiger partial charge is 0.387 e. The molecular formula is C16H15N. The van der Waals surface area contributed by atoms with Gasteiger partial charge in [0, 0.05) is 6.54 Å². The molecule has 1 heteroatoms. The van der Waals surface area contributed by atoms with E-state index >= 15 is 0 Å². The van der Waals surface area contributed by atoms with Crippen LogP contribution in [0, 0.1) is 6.92 Å². The highest BCUT2D eigenvalue weighted by atomic mass is 14.8. The first-order chi connectivity index (χ1) is 8.33. The van der Waals surface area contributed by atoms with E-state index in [-0.39, 0.29) is 0 Å². The van der Waals surface area contributed by atoms with Crippen molar-refractivity contribution < 1.29 is 0 Å². The van der Waals surface area contributed by atoms with Gasteiger partial charge in [-0.1, -0.05) is 42.0 Å². The Labute approximate surface area is 102 Å². The zero-order valence-electron chi connectivity index (χ0n) is 9.90. The van der Waals surface area contributed by atoms with Gasteiger partial charge in [-0.15, -0.1) is 0 Å². The highest BCUT2D eigenvalue weighted by molar-refractivity contribution is 5.70. The van der Waals surface area contributed by atoms with Crippen molar-refractivity contribution in [1.29, 1.82) is 0 Å². The topological polar surface area (TPSA) is 12.0 Å². The molecule has 0 bridgehead atoms. The van der Waals surface area contributed by atoms with E-state index in [1.807, 2.05) is 6.20 Å². The number of hydrogen-bond acceptors (Lipinski definition) is 1. The zero-order valence-corrected chi connectivity index (χ0v) is 9.90. The van der Waals surface area contributed by atoms with Crippen LogP contribution >= 0.6 is 0 Å². The Bertz CT molecular complexity index is 582. The molecule has 0 aromatic heterocycles. The fourth-order valence-electron chi connectivity index (χ4n) is 2.23. The van der Waals surface area contributed by atoms with Crippen molar-refractivity contribution in [3.05, 3.63) is 65.4 Å². The molecule has 2 aromatic rings. The van der Waals surface area contributed by atoms with E-state index in [9.17, 15) is 0 Å². The summed E-state index contributed by atoms with van der Waals surface area (Å²) in [7, 11) is 0. The third-order valence-corrected chi connectivity index (χ3v) is 3.17. The van der Waals surface area contributed by atoms with E-state index in [1.54, 1.807) is 0 Å². The lowest BCUT2D eigenvalue weighted by Gasteiger charge is -2.13. The van der Waals surface area contributed by atoms with Crippen LogP contribution in [-0.2, 0) is 6.54 Å². The fraction of sp³-hybridized carbons (Fsp3) is 0.125. The van der Waals surface area contributed by atoms with Gasteiger partial charge in [0.05, 0.1) is 0 Å². The minimum Gasteiger partial charge on any atom is -0.387 e. The van der Waals surface area contributed by atoms with Crippen molar-refractivity contribution in [1.82, 2.24) is 5.32 Å². The zero-order chi connectivity index (χ0) is 11.7. The molecule has 0 radical (unpaired) electrons. The molecule has 0 unspecified atom stereocenters. The van der Waals surface area contributed by atoms with Crippen molar-refractivity contribution in [2.75, 3.05) is 0 Å². The Hall–Kier alpha value is -2.02. The Kier molecular flexibility index (Phi) is 2.45. The van der Waals surface area contributed by atoms with Crippen LogP contribution in [0.4, 0.5) is 0 Å². The number of fused-ring (bicyclic) bond motifs is 1. The summed E-state index contributed by atoms with van der Waals surface area (Å²) in [5.41, 5.74) is 6.57. The molecule has 0 saturated carbocycles. The Morgan fingerprint density at radius 3 is 2.76 bits per heavy atom. The van der Waals surface area contributed by atoms with Gasteiger partial charge < -0.3 is 5.32 Å². The quantitative estimate of drug-likeness (QED) is 0.773. The Morgan fingerprint density at radius 2 is 1.88 bits per heavy atom. The summed E-state index contributed by atoms with van der Waals surface area (Å²) in [6.45, 7) is 3.06. The molecule has 0 amide bonds. The molecule has 1 aliphatic heterocycles. The van der Waals surface area contributed by atoms with Gasteiger partial charge in [0.15, 0.2) is 0 Å². The van der Waals surface area contributed by atoms with E-state index in [0.29, 0.717) is 0 Å². The second-order valence-electron chi connectivity index (χ2n) is 4.50. The van der Waals surface area contributed by atoms with E-state index in [2.05, 4.69) is 60.8 Å². The SMILES string of the molecule is Cc1cccc(-c2ccc3c(c2)C=CNC3)c1. The molecule has 0 atom stereocenters. The van der Waals surface area contributed by atoms with Gasteiger partial charge in [0.25, 0.3) is 0 Å². The van der Waals surface area contributed by atoms with Gasteiger partial charge in [-0.05, 0) is 47.5 Å². The minimum absolute atomic E-state index is 0.930. The molecule has 1 aliphatic rings. The third kappa shape index (κ3) is 1.96. The number of benzene rings is 2. The molecule has 0 aliphatic carbocycles. The van der Waals surface area contributed by atoms with Gasteiger partial charge in [-0.25, -0.2) is 0 Å². The lowest BCUT2D eigenvalue weighted by atomic mass is 9.97. The number of nitrogens with one attached hydrogen (secondary N) is 1. The van der Waals surface area contributed by atoms with Crippen molar-refractivity contribution in [3.8, 4) is 11.1 Å². The first-order valence-corrected chi connectivity index (χ1v) is 5.93. The average Bonchev–Trinajstić information content (AvgIpc) is 2.38. The molecule has 17 heavy (non-hydrogen) atoms. The maximum Gasteiger partial charge on any atom is 0.0401 e. The third-order valence-electron chi connectivity index (χ3n) is 3.17.